The Kier molecular flexibility index (Phi) is 2.16. The zero-order chi connectivity index (χ0) is 10.4. The van der Waals surface area contributed by atoms with Crippen LogP contribution in [0.1, 0.15) is 15.4 Å². The Morgan fingerprint density at radius 3 is 3.13 bits per heavy atom. The molecule has 1 aromatic heterocycles. The summed E-state index contributed by atoms with van der Waals surface area (Å²) in [7, 11) is 0. The number of rotatable bonds is 1. The highest BCUT2D eigenvalue weighted by molar-refractivity contribution is 9.10. The van der Waals surface area contributed by atoms with Gasteiger partial charge in [-0.25, -0.2) is 4.98 Å². The number of hydrogen-bond donors (Lipinski definition) is 1. The molecule has 4 heteroatoms. The molecule has 0 radical (unpaired) electrons. The van der Waals surface area contributed by atoms with Gasteiger partial charge in [0.1, 0.15) is 5.01 Å². The minimum Gasteiger partial charge on any atom is -0.389 e. The molecule has 2 nitrogen and oxygen atoms in total. The molecule has 0 atom stereocenters. The van der Waals surface area contributed by atoms with E-state index < -0.39 is 0 Å². The molecule has 0 aliphatic heterocycles. The molecule has 0 bridgehead atoms. The van der Waals surface area contributed by atoms with E-state index in [1.165, 1.54) is 16.0 Å². The number of benzene rings is 1. The molecule has 1 aliphatic rings. The second-order valence-corrected chi connectivity index (χ2v) is 5.60. The fourth-order valence-electron chi connectivity index (χ4n) is 1.91. The van der Waals surface area contributed by atoms with Gasteiger partial charge >= 0.3 is 0 Å². The Bertz CT molecular complexity index is 535. The van der Waals surface area contributed by atoms with Gasteiger partial charge in [-0.15, -0.1) is 11.3 Å². The van der Waals surface area contributed by atoms with Crippen LogP contribution in [-0.4, -0.2) is 10.1 Å². The minimum atomic E-state index is 0.0452. The molecular formula is C11H8BrNOS. The molecule has 3 rings (SSSR count). The number of aliphatic hydroxyl groups is 1. The number of aromatic nitrogens is 1. The fourth-order valence-corrected chi connectivity index (χ4v) is 3.29. The lowest BCUT2D eigenvalue weighted by Gasteiger charge is -1.99. The van der Waals surface area contributed by atoms with Gasteiger partial charge in [-0.05, 0) is 17.7 Å². The highest BCUT2D eigenvalue weighted by Crippen LogP contribution is 2.40. The van der Waals surface area contributed by atoms with Crippen molar-refractivity contribution in [2.45, 2.75) is 13.0 Å². The lowest BCUT2D eigenvalue weighted by Crippen LogP contribution is -1.84. The van der Waals surface area contributed by atoms with Crippen LogP contribution in [0.3, 0.4) is 0 Å². The van der Waals surface area contributed by atoms with E-state index in [0.717, 1.165) is 21.6 Å². The van der Waals surface area contributed by atoms with Crippen LogP contribution in [-0.2, 0) is 13.0 Å². The van der Waals surface area contributed by atoms with Crippen LogP contribution in [0, 0.1) is 0 Å². The molecule has 0 saturated carbocycles. The third-order valence-corrected chi connectivity index (χ3v) is 4.08. The maximum atomic E-state index is 9.03. The maximum Gasteiger partial charge on any atom is 0.119 e. The van der Waals surface area contributed by atoms with Crippen molar-refractivity contribution in [3.63, 3.8) is 0 Å². The van der Waals surface area contributed by atoms with Crippen molar-refractivity contribution in [2.75, 3.05) is 0 Å². The molecule has 0 amide bonds. The first-order chi connectivity index (χ1) is 7.28. The van der Waals surface area contributed by atoms with Crippen molar-refractivity contribution in [3.05, 3.63) is 38.1 Å². The van der Waals surface area contributed by atoms with Crippen molar-refractivity contribution in [1.29, 1.82) is 0 Å². The molecule has 0 unspecified atom stereocenters. The second kappa shape index (κ2) is 3.40. The minimum absolute atomic E-state index is 0.0452. The first-order valence-electron chi connectivity index (χ1n) is 4.66. The average Bonchev–Trinajstić information content (AvgIpc) is 2.73. The fraction of sp³-hybridized carbons (Fsp3) is 0.182. The zero-order valence-electron chi connectivity index (χ0n) is 7.83. The van der Waals surface area contributed by atoms with Crippen molar-refractivity contribution in [1.82, 2.24) is 4.98 Å². The number of nitrogens with zero attached hydrogens (tertiary/aromatic N) is 1. The van der Waals surface area contributed by atoms with Crippen molar-refractivity contribution in [3.8, 4) is 11.3 Å². The van der Waals surface area contributed by atoms with Crippen molar-refractivity contribution < 1.29 is 5.11 Å². The highest BCUT2D eigenvalue weighted by Gasteiger charge is 2.22. The molecule has 1 aromatic carbocycles. The van der Waals surface area contributed by atoms with E-state index in [1.54, 1.807) is 11.3 Å². The zero-order valence-corrected chi connectivity index (χ0v) is 10.2. The Morgan fingerprint density at radius 1 is 1.47 bits per heavy atom. The van der Waals surface area contributed by atoms with Gasteiger partial charge in [0.05, 0.1) is 12.3 Å². The summed E-state index contributed by atoms with van der Waals surface area (Å²) < 4.78 is 1.11. The number of hydrogen-bond acceptors (Lipinski definition) is 3. The predicted octanol–water partition coefficient (Wildman–Crippen LogP) is 2.97. The normalized spacial score (nSPS) is 12.7. The lowest BCUT2D eigenvalue weighted by atomic mass is 10.1. The van der Waals surface area contributed by atoms with Crippen LogP contribution in [0.4, 0.5) is 0 Å². The van der Waals surface area contributed by atoms with E-state index >= 15 is 0 Å². The molecule has 0 fully saturated rings. The van der Waals surface area contributed by atoms with Gasteiger partial charge < -0.3 is 5.11 Å². The summed E-state index contributed by atoms with van der Waals surface area (Å²) in [5.74, 6) is 0. The SMILES string of the molecule is OCc1nc2c(s1)Cc1cc(Br)ccc1-2. The molecule has 1 N–H and O–H groups in total. The van der Waals surface area contributed by atoms with Crippen molar-refractivity contribution in [2.24, 2.45) is 0 Å². The average molecular weight is 282 g/mol. The van der Waals surface area contributed by atoms with Gasteiger partial charge in [0.2, 0.25) is 0 Å². The van der Waals surface area contributed by atoms with E-state index in [1.807, 2.05) is 6.07 Å². The van der Waals surface area contributed by atoms with Crippen LogP contribution in [0.5, 0.6) is 0 Å². The Labute approximate surface area is 99.7 Å². The van der Waals surface area contributed by atoms with Crippen LogP contribution < -0.4 is 0 Å². The van der Waals surface area contributed by atoms with E-state index in [4.69, 9.17) is 5.11 Å². The van der Waals surface area contributed by atoms with E-state index in [2.05, 4.69) is 33.0 Å². The summed E-state index contributed by atoms with van der Waals surface area (Å²) in [6, 6.07) is 6.26. The Balaban J connectivity index is 2.17. The van der Waals surface area contributed by atoms with Gasteiger partial charge in [-0.1, -0.05) is 22.0 Å². The number of thiazole rings is 1. The third kappa shape index (κ3) is 1.44. The van der Waals surface area contributed by atoms with Gasteiger partial charge in [0.15, 0.2) is 0 Å². The Morgan fingerprint density at radius 2 is 2.33 bits per heavy atom. The third-order valence-electron chi connectivity index (χ3n) is 2.55. The highest BCUT2D eigenvalue weighted by atomic mass is 79.9. The predicted molar refractivity (Wildman–Crippen MR) is 64.0 cm³/mol. The van der Waals surface area contributed by atoms with E-state index in [-0.39, 0.29) is 6.61 Å². The molecular weight excluding hydrogens is 274 g/mol. The molecule has 15 heavy (non-hydrogen) atoms. The number of fused-ring (bicyclic) bond motifs is 3. The molecule has 0 spiro atoms. The molecule has 0 saturated heterocycles. The summed E-state index contributed by atoms with van der Waals surface area (Å²) in [5, 5.41) is 9.84. The topological polar surface area (TPSA) is 33.1 Å². The smallest absolute Gasteiger partial charge is 0.119 e. The molecule has 2 aromatic rings. The summed E-state index contributed by atoms with van der Waals surface area (Å²) in [4.78, 5) is 5.70. The summed E-state index contributed by atoms with van der Waals surface area (Å²) >= 11 is 5.08. The number of aliphatic hydroxyl groups excluding tert-OH is 1. The van der Waals surface area contributed by atoms with Crippen LogP contribution in [0.2, 0.25) is 0 Å². The molecule has 76 valence electrons. The largest absolute Gasteiger partial charge is 0.389 e. The second-order valence-electron chi connectivity index (χ2n) is 3.52. The van der Waals surface area contributed by atoms with Gasteiger partial charge in [0.25, 0.3) is 0 Å². The summed E-state index contributed by atoms with van der Waals surface area (Å²) in [5.41, 5.74) is 3.60. The molecule has 1 aliphatic carbocycles. The quantitative estimate of drug-likeness (QED) is 0.744. The lowest BCUT2D eigenvalue weighted by molar-refractivity contribution is 0.281. The first kappa shape index (κ1) is 9.51. The standard InChI is InChI=1S/C11H8BrNOS/c12-7-1-2-8-6(3-7)4-9-11(8)13-10(5-14)15-9/h1-3,14H,4-5H2. The maximum absolute atomic E-state index is 9.03. The number of halogens is 1. The van der Waals surface area contributed by atoms with Crippen LogP contribution in [0.15, 0.2) is 22.7 Å². The monoisotopic (exact) mass is 281 g/mol. The summed E-state index contributed by atoms with van der Waals surface area (Å²) in [6.07, 6.45) is 0.946. The van der Waals surface area contributed by atoms with Gasteiger partial charge in [-0.3, -0.25) is 0 Å². The Hall–Kier alpha value is -0.710. The van der Waals surface area contributed by atoms with Gasteiger partial charge in [-0.2, -0.15) is 0 Å². The van der Waals surface area contributed by atoms with Crippen LogP contribution in [0.25, 0.3) is 11.3 Å². The van der Waals surface area contributed by atoms with Crippen LogP contribution >= 0.6 is 27.3 Å². The first-order valence-corrected chi connectivity index (χ1v) is 6.27. The van der Waals surface area contributed by atoms with E-state index in [9.17, 15) is 0 Å². The van der Waals surface area contributed by atoms with E-state index in [0.29, 0.717) is 0 Å². The van der Waals surface area contributed by atoms with Gasteiger partial charge in [0, 0.05) is 21.3 Å². The molecule has 1 heterocycles. The summed E-state index contributed by atoms with van der Waals surface area (Å²) in [6.45, 7) is 0.0452. The van der Waals surface area contributed by atoms with Crippen molar-refractivity contribution >= 4 is 27.3 Å².